The van der Waals surface area contributed by atoms with Crippen LogP contribution in [0.2, 0.25) is 0 Å². The molecular weight excluding hydrogens is 298 g/mol. The Bertz CT molecular complexity index is 1030. The highest BCUT2D eigenvalue weighted by molar-refractivity contribution is 6.01. The summed E-state index contributed by atoms with van der Waals surface area (Å²) >= 11 is 0. The zero-order chi connectivity index (χ0) is 16.5. The maximum atomic E-state index is 7.83. The van der Waals surface area contributed by atoms with Gasteiger partial charge in [0.25, 0.3) is 0 Å². The number of fused-ring (bicyclic) bond motifs is 1. The van der Waals surface area contributed by atoms with Gasteiger partial charge in [-0.05, 0) is 48.5 Å². The lowest BCUT2D eigenvalue weighted by Gasteiger charge is -2.12. The number of hydrogen-bond donors (Lipinski definition) is 2. The molecule has 0 saturated heterocycles. The Kier molecular flexibility index (Phi) is 3.31. The summed E-state index contributed by atoms with van der Waals surface area (Å²) in [7, 11) is 0. The fraction of sp³-hybridized carbons (Fsp3) is 0. The molecule has 3 heterocycles. The fourth-order valence-corrected chi connectivity index (χ4v) is 2.83. The van der Waals surface area contributed by atoms with Gasteiger partial charge in [-0.3, -0.25) is 10.4 Å². The third kappa shape index (κ3) is 2.32. The molecule has 0 aliphatic carbocycles. The van der Waals surface area contributed by atoms with Crippen LogP contribution in [0.15, 0.2) is 73.2 Å². The zero-order valence-corrected chi connectivity index (χ0v) is 12.8. The van der Waals surface area contributed by atoms with Crippen LogP contribution < -0.4 is 5.73 Å². The minimum atomic E-state index is 0.0256. The van der Waals surface area contributed by atoms with Crippen molar-refractivity contribution in [3.8, 4) is 16.9 Å². The number of nitrogens with one attached hydrogen (secondary N) is 1. The number of amidine groups is 1. The van der Waals surface area contributed by atoms with Gasteiger partial charge in [-0.2, -0.15) is 0 Å². The first-order valence-corrected chi connectivity index (χ1v) is 7.56. The van der Waals surface area contributed by atoms with Crippen molar-refractivity contribution in [3.63, 3.8) is 0 Å². The predicted octanol–water partition coefficient (Wildman–Crippen LogP) is 3.37. The molecular formula is C19H15N5. The van der Waals surface area contributed by atoms with Crippen LogP contribution in [0, 0.1) is 5.41 Å². The van der Waals surface area contributed by atoms with Gasteiger partial charge in [-0.1, -0.05) is 6.07 Å². The number of nitrogens with zero attached hydrogens (tertiary/aromatic N) is 3. The molecule has 3 N–H and O–H groups in total. The summed E-state index contributed by atoms with van der Waals surface area (Å²) in [5, 5.41) is 8.91. The molecule has 0 fully saturated rings. The second kappa shape index (κ2) is 5.62. The van der Waals surface area contributed by atoms with Crippen LogP contribution >= 0.6 is 0 Å². The summed E-state index contributed by atoms with van der Waals surface area (Å²) < 4.78 is 2.02. The monoisotopic (exact) mass is 313 g/mol. The minimum absolute atomic E-state index is 0.0256. The topological polar surface area (TPSA) is 80.6 Å². The van der Waals surface area contributed by atoms with Gasteiger partial charge >= 0.3 is 0 Å². The van der Waals surface area contributed by atoms with Crippen molar-refractivity contribution >= 4 is 16.9 Å². The van der Waals surface area contributed by atoms with Gasteiger partial charge in [-0.15, -0.1) is 0 Å². The molecule has 0 spiro atoms. The third-order valence-electron chi connectivity index (χ3n) is 3.96. The molecule has 0 amide bonds. The number of rotatable bonds is 3. The number of nitrogens with two attached hydrogens (primary N) is 1. The molecule has 0 unspecified atom stereocenters. The maximum absolute atomic E-state index is 7.83. The molecule has 0 aliphatic rings. The van der Waals surface area contributed by atoms with E-state index < -0.39 is 0 Å². The largest absolute Gasteiger partial charge is 0.384 e. The molecule has 0 aliphatic heterocycles. The fourth-order valence-electron chi connectivity index (χ4n) is 2.83. The van der Waals surface area contributed by atoms with Crippen molar-refractivity contribution in [2.75, 3.05) is 0 Å². The molecule has 24 heavy (non-hydrogen) atoms. The van der Waals surface area contributed by atoms with E-state index in [1.165, 1.54) is 0 Å². The lowest BCUT2D eigenvalue weighted by Crippen LogP contribution is -2.13. The van der Waals surface area contributed by atoms with Crippen molar-refractivity contribution in [1.82, 2.24) is 14.5 Å². The SMILES string of the molecule is N=C(N)c1ccc(-n2ccc3cccnc32)cc1-c1ccccn1. The Balaban J connectivity index is 1.94. The second-order valence-corrected chi connectivity index (χ2v) is 5.46. The maximum Gasteiger partial charge on any atom is 0.144 e. The molecule has 1 aromatic carbocycles. The van der Waals surface area contributed by atoms with E-state index in [9.17, 15) is 0 Å². The van der Waals surface area contributed by atoms with E-state index >= 15 is 0 Å². The Morgan fingerprint density at radius 1 is 0.958 bits per heavy atom. The van der Waals surface area contributed by atoms with E-state index in [-0.39, 0.29) is 5.84 Å². The molecule has 4 aromatic rings. The lowest BCUT2D eigenvalue weighted by molar-refractivity contribution is 1.09. The van der Waals surface area contributed by atoms with E-state index in [0.717, 1.165) is 28.0 Å². The van der Waals surface area contributed by atoms with Crippen LogP contribution in [-0.2, 0) is 0 Å². The highest BCUT2D eigenvalue weighted by atomic mass is 15.0. The average Bonchev–Trinajstić information content (AvgIpc) is 3.06. The van der Waals surface area contributed by atoms with Crippen LogP contribution in [0.4, 0.5) is 0 Å². The Labute approximate surface area is 138 Å². The zero-order valence-electron chi connectivity index (χ0n) is 12.8. The predicted molar refractivity (Wildman–Crippen MR) is 95.3 cm³/mol. The summed E-state index contributed by atoms with van der Waals surface area (Å²) in [6, 6.07) is 17.5. The average molecular weight is 313 g/mol. The van der Waals surface area contributed by atoms with Gasteiger partial charge in [0.15, 0.2) is 0 Å². The Morgan fingerprint density at radius 3 is 2.62 bits per heavy atom. The van der Waals surface area contributed by atoms with Gasteiger partial charge in [0.1, 0.15) is 11.5 Å². The smallest absolute Gasteiger partial charge is 0.144 e. The molecule has 0 atom stereocenters. The number of nitrogen functional groups attached to an aromatic ring is 1. The first kappa shape index (κ1) is 14.1. The minimum Gasteiger partial charge on any atom is -0.384 e. The van der Waals surface area contributed by atoms with Crippen LogP contribution in [0.3, 0.4) is 0 Å². The van der Waals surface area contributed by atoms with Gasteiger partial charge in [-0.25, -0.2) is 4.98 Å². The van der Waals surface area contributed by atoms with Crippen molar-refractivity contribution < 1.29 is 0 Å². The summed E-state index contributed by atoms with van der Waals surface area (Å²) in [6.07, 6.45) is 5.50. The van der Waals surface area contributed by atoms with Gasteiger partial charge < -0.3 is 10.3 Å². The standard InChI is InChI=1S/C19H15N5/c20-18(21)15-7-6-14(12-16(15)17-5-1-2-9-22-17)24-11-8-13-4-3-10-23-19(13)24/h1-12H,(H3,20,21). The van der Waals surface area contributed by atoms with Crippen molar-refractivity contribution in [1.29, 1.82) is 5.41 Å². The summed E-state index contributed by atoms with van der Waals surface area (Å²) in [5.74, 6) is 0.0256. The first-order valence-electron chi connectivity index (χ1n) is 7.56. The summed E-state index contributed by atoms with van der Waals surface area (Å²) in [5.41, 5.74) is 9.88. The van der Waals surface area contributed by atoms with Gasteiger partial charge in [0.2, 0.25) is 0 Å². The van der Waals surface area contributed by atoms with Gasteiger partial charge in [0.05, 0.1) is 5.69 Å². The summed E-state index contributed by atoms with van der Waals surface area (Å²) in [4.78, 5) is 8.86. The van der Waals surface area contributed by atoms with Crippen molar-refractivity contribution in [2.45, 2.75) is 0 Å². The van der Waals surface area contributed by atoms with E-state index in [4.69, 9.17) is 11.1 Å². The number of aromatic nitrogens is 3. The van der Waals surface area contributed by atoms with E-state index in [2.05, 4.69) is 9.97 Å². The third-order valence-corrected chi connectivity index (χ3v) is 3.96. The highest BCUT2D eigenvalue weighted by Gasteiger charge is 2.12. The molecule has 5 heteroatoms. The number of benzene rings is 1. The van der Waals surface area contributed by atoms with E-state index in [0.29, 0.717) is 5.56 Å². The summed E-state index contributed by atoms with van der Waals surface area (Å²) in [6.45, 7) is 0. The second-order valence-electron chi connectivity index (χ2n) is 5.46. The Morgan fingerprint density at radius 2 is 1.83 bits per heavy atom. The van der Waals surface area contributed by atoms with Crippen molar-refractivity contribution in [2.24, 2.45) is 5.73 Å². The first-order chi connectivity index (χ1) is 11.7. The van der Waals surface area contributed by atoms with Crippen LogP contribution in [0.5, 0.6) is 0 Å². The van der Waals surface area contributed by atoms with Crippen molar-refractivity contribution in [3.05, 3.63) is 78.8 Å². The normalized spacial score (nSPS) is 10.8. The molecule has 116 valence electrons. The molecule has 0 saturated carbocycles. The van der Waals surface area contributed by atoms with E-state index in [1.54, 1.807) is 12.4 Å². The lowest BCUT2D eigenvalue weighted by atomic mass is 10.0. The molecule has 5 nitrogen and oxygen atoms in total. The molecule has 0 radical (unpaired) electrons. The number of hydrogen-bond acceptors (Lipinski definition) is 3. The van der Waals surface area contributed by atoms with Crippen LogP contribution in [0.25, 0.3) is 28.0 Å². The molecule has 3 aromatic heterocycles. The van der Waals surface area contributed by atoms with E-state index in [1.807, 2.05) is 65.4 Å². The number of pyridine rings is 2. The Hall–Kier alpha value is -3.47. The quantitative estimate of drug-likeness (QED) is 0.449. The van der Waals surface area contributed by atoms with Crippen LogP contribution in [-0.4, -0.2) is 20.4 Å². The van der Waals surface area contributed by atoms with Crippen LogP contribution in [0.1, 0.15) is 5.56 Å². The highest BCUT2D eigenvalue weighted by Crippen LogP contribution is 2.26. The van der Waals surface area contributed by atoms with Gasteiger partial charge in [0, 0.05) is 40.8 Å². The molecule has 4 rings (SSSR count). The molecule has 0 bridgehead atoms.